The smallest absolute Gasteiger partial charge is 0.211 e. The molecular formula is C36H41IO2Si. The quantitative estimate of drug-likeness (QED) is 0.171. The molecule has 1 heterocycles. The van der Waals surface area contributed by atoms with E-state index in [1.807, 2.05) is 54.6 Å². The van der Waals surface area contributed by atoms with Gasteiger partial charge in [-0.1, -0.05) is 127 Å². The molecule has 0 spiro atoms. The van der Waals surface area contributed by atoms with E-state index in [1.54, 1.807) is 0 Å². The minimum atomic E-state index is -1.52. The molecule has 0 aliphatic carbocycles. The number of aliphatic hydroxyl groups is 1. The van der Waals surface area contributed by atoms with Crippen molar-refractivity contribution in [1.29, 1.82) is 0 Å². The zero-order valence-electron chi connectivity index (χ0n) is 24.0. The molecule has 5 rings (SSSR count). The highest BCUT2D eigenvalue weighted by molar-refractivity contribution is 14.1. The SMILES string of the molecule is C[Si]1(C)C=CCC(c2ccccc2)O1.Cc1ccccc1/C=C\CC(O)c1ccccc1.Cc1ccccc1I. The lowest BCUT2D eigenvalue weighted by atomic mass is 10.0. The molecule has 4 aromatic rings. The van der Waals surface area contributed by atoms with Gasteiger partial charge in [0.1, 0.15) is 0 Å². The van der Waals surface area contributed by atoms with Gasteiger partial charge in [0.25, 0.3) is 0 Å². The number of benzene rings is 4. The predicted octanol–water partition coefficient (Wildman–Crippen LogP) is 10.2. The predicted molar refractivity (Wildman–Crippen MR) is 182 cm³/mol. The second kappa shape index (κ2) is 16.5. The lowest BCUT2D eigenvalue weighted by Crippen LogP contribution is -2.32. The topological polar surface area (TPSA) is 29.5 Å². The summed E-state index contributed by atoms with van der Waals surface area (Å²) in [7, 11) is -1.52. The van der Waals surface area contributed by atoms with E-state index >= 15 is 0 Å². The summed E-state index contributed by atoms with van der Waals surface area (Å²) in [5.74, 6) is 0. The van der Waals surface area contributed by atoms with E-state index < -0.39 is 14.4 Å². The van der Waals surface area contributed by atoms with Gasteiger partial charge in [0.15, 0.2) is 0 Å². The van der Waals surface area contributed by atoms with E-state index in [1.165, 1.54) is 25.8 Å². The summed E-state index contributed by atoms with van der Waals surface area (Å²) in [6.07, 6.45) is 7.88. The second-order valence-corrected chi connectivity index (χ2v) is 15.4. The largest absolute Gasteiger partial charge is 0.406 e. The monoisotopic (exact) mass is 660 g/mol. The Morgan fingerprint density at radius 2 is 1.40 bits per heavy atom. The molecule has 40 heavy (non-hydrogen) atoms. The normalized spacial score (nSPS) is 16.3. The van der Waals surface area contributed by atoms with Crippen LogP contribution in [-0.4, -0.2) is 13.4 Å². The first kappa shape index (κ1) is 31.8. The summed E-state index contributed by atoms with van der Waals surface area (Å²) in [5, 5.41) is 10.0. The van der Waals surface area contributed by atoms with Crippen LogP contribution in [0.4, 0.5) is 0 Å². The van der Waals surface area contributed by atoms with Crippen LogP contribution in [0.3, 0.4) is 0 Å². The molecule has 2 unspecified atom stereocenters. The van der Waals surface area contributed by atoms with E-state index in [0.717, 1.165) is 12.0 Å². The van der Waals surface area contributed by atoms with E-state index in [9.17, 15) is 5.11 Å². The Labute approximate surface area is 255 Å². The minimum Gasteiger partial charge on any atom is -0.406 e. The molecular weight excluding hydrogens is 619 g/mol. The van der Waals surface area contributed by atoms with Crippen LogP contribution >= 0.6 is 22.6 Å². The van der Waals surface area contributed by atoms with E-state index in [2.05, 4.69) is 128 Å². The molecule has 4 aromatic carbocycles. The lowest BCUT2D eigenvalue weighted by molar-refractivity contribution is 0.182. The van der Waals surface area contributed by atoms with Gasteiger partial charge in [-0.3, -0.25) is 0 Å². The molecule has 4 heteroatoms. The summed E-state index contributed by atoms with van der Waals surface area (Å²) in [5.41, 5.74) is 8.35. The number of rotatable bonds is 5. The van der Waals surface area contributed by atoms with Crippen LogP contribution in [0.2, 0.25) is 13.1 Å². The van der Waals surface area contributed by atoms with Crippen LogP contribution in [0.5, 0.6) is 0 Å². The van der Waals surface area contributed by atoms with Gasteiger partial charge in [0.2, 0.25) is 8.32 Å². The molecule has 1 aliphatic heterocycles. The van der Waals surface area contributed by atoms with Gasteiger partial charge >= 0.3 is 0 Å². The summed E-state index contributed by atoms with van der Waals surface area (Å²) < 4.78 is 7.45. The number of halogens is 1. The van der Waals surface area contributed by atoms with Crippen molar-refractivity contribution in [3.05, 3.63) is 158 Å². The highest BCUT2D eigenvalue weighted by Crippen LogP contribution is 2.30. The first-order chi connectivity index (χ1) is 19.2. The first-order valence-electron chi connectivity index (χ1n) is 13.8. The van der Waals surface area contributed by atoms with Crippen LogP contribution < -0.4 is 0 Å². The molecule has 2 atom stereocenters. The zero-order chi connectivity index (χ0) is 28.8. The Bertz CT molecular complexity index is 1330. The summed E-state index contributed by atoms with van der Waals surface area (Å²) in [6, 6.07) is 36.8. The van der Waals surface area contributed by atoms with Gasteiger partial charge in [0.05, 0.1) is 12.2 Å². The standard InChI is InChI=1S/C17H18O.C12H16OSi.C7H7I/c1-14-8-5-6-9-15(14)12-7-13-17(18)16-10-3-2-4-11-16;1-14(2)10-6-9-12(13-14)11-7-4-3-5-8-11;1-6-4-2-3-5-7(6)8/h2-12,17-18H,13H2,1H3;3-8,10,12H,9H2,1-2H3;2-5H,1H3/b12-7-;;. The van der Waals surface area contributed by atoms with E-state index in [-0.39, 0.29) is 6.10 Å². The van der Waals surface area contributed by atoms with Crippen molar-refractivity contribution < 1.29 is 9.53 Å². The molecule has 0 aromatic heterocycles. The maximum atomic E-state index is 10.0. The van der Waals surface area contributed by atoms with Gasteiger partial charge < -0.3 is 9.53 Å². The van der Waals surface area contributed by atoms with Gasteiger partial charge in [-0.05, 0) is 96.3 Å². The molecule has 2 nitrogen and oxygen atoms in total. The van der Waals surface area contributed by atoms with Crippen LogP contribution in [0.25, 0.3) is 6.08 Å². The van der Waals surface area contributed by atoms with Gasteiger partial charge in [-0.2, -0.15) is 0 Å². The first-order valence-corrected chi connectivity index (χ1v) is 17.9. The zero-order valence-corrected chi connectivity index (χ0v) is 27.2. The Morgan fingerprint density at radius 1 is 0.825 bits per heavy atom. The summed E-state index contributed by atoms with van der Waals surface area (Å²) >= 11 is 2.32. The molecule has 0 saturated heterocycles. The van der Waals surface area contributed by atoms with Crippen LogP contribution in [0.1, 0.15) is 52.9 Å². The Balaban J connectivity index is 0.000000178. The molecule has 208 valence electrons. The third-order valence-electron chi connectivity index (χ3n) is 6.59. The van der Waals surface area contributed by atoms with Crippen LogP contribution in [0, 0.1) is 17.4 Å². The van der Waals surface area contributed by atoms with Crippen molar-refractivity contribution in [1.82, 2.24) is 0 Å². The molecule has 0 amide bonds. The maximum absolute atomic E-state index is 10.0. The van der Waals surface area contributed by atoms with Crippen LogP contribution in [0.15, 0.2) is 127 Å². The van der Waals surface area contributed by atoms with Crippen molar-refractivity contribution in [3.63, 3.8) is 0 Å². The number of aliphatic hydroxyl groups excluding tert-OH is 1. The molecule has 0 radical (unpaired) electrons. The van der Waals surface area contributed by atoms with E-state index in [0.29, 0.717) is 6.42 Å². The number of hydrogen-bond acceptors (Lipinski definition) is 2. The van der Waals surface area contributed by atoms with Crippen molar-refractivity contribution in [2.24, 2.45) is 0 Å². The van der Waals surface area contributed by atoms with Crippen molar-refractivity contribution >= 4 is 37.0 Å². The average Bonchev–Trinajstić information content (AvgIpc) is 2.97. The molecule has 1 N–H and O–H groups in total. The Morgan fingerprint density at radius 3 is 1.98 bits per heavy atom. The van der Waals surface area contributed by atoms with Crippen molar-refractivity contribution in [2.45, 2.75) is 52.0 Å². The lowest BCUT2D eigenvalue weighted by Gasteiger charge is -2.30. The average molecular weight is 661 g/mol. The highest BCUT2D eigenvalue weighted by Gasteiger charge is 2.27. The maximum Gasteiger partial charge on any atom is 0.211 e. The van der Waals surface area contributed by atoms with Gasteiger partial charge in [-0.25, -0.2) is 0 Å². The third kappa shape index (κ3) is 11.0. The van der Waals surface area contributed by atoms with Crippen molar-refractivity contribution in [2.75, 3.05) is 0 Å². The molecule has 1 aliphatic rings. The third-order valence-corrected chi connectivity index (χ3v) is 9.73. The minimum absolute atomic E-state index is 0.280. The fourth-order valence-corrected chi connectivity index (χ4v) is 6.40. The summed E-state index contributed by atoms with van der Waals surface area (Å²) in [4.78, 5) is 0. The second-order valence-electron chi connectivity index (χ2n) is 10.4. The highest BCUT2D eigenvalue weighted by atomic mass is 127. The Hall–Kier alpha value is -2.77. The molecule has 0 saturated carbocycles. The van der Waals surface area contributed by atoms with Crippen molar-refractivity contribution in [3.8, 4) is 0 Å². The van der Waals surface area contributed by atoms with Gasteiger partial charge in [-0.15, -0.1) is 0 Å². The fraction of sp³-hybridized carbons (Fsp3) is 0.222. The van der Waals surface area contributed by atoms with Gasteiger partial charge in [0, 0.05) is 3.57 Å². The summed E-state index contributed by atoms with van der Waals surface area (Å²) in [6.45, 7) is 8.67. The Kier molecular flexibility index (Phi) is 13.1. The van der Waals surface area contributed by atoms with Crippen LogP contribution in [-0.2, 0) is 4.43 Å². The molecule has 0 fully saturated rings. The fourth-order valence-electron chi connectivity index (χ4n) is 4.26. The number of aryl methyl sites for hydroxylation is 2. The van der Waals surface area contributed by atoms with E-state index in [4.69, 9.17) is 4.43 Å². The molecule has 0 bridgehead atoms. The number of hydrogen-bond donors (Lipinski definition) is 1.